The molecule has 48 heavy (non-hydrogen) atoms. The Kier molecular flexibility index (Phi) is 13.5. The molecule has 0 amide bonds. The molecule has 0 unspecified atom stereocenters. The van der Waals surface area contributed by atoms with Crippen molar-refractivity contribution in [2.24, 2.45) is 11.3 Å². The predicted molar refractivity (Wildman–Crippen MR) is 159 cm³/mol. The van der Waals surface area contributed by atoms with Crippen LogP contribution in [-0.2, 0) is 33.2 Å². The van der Waals surface area contributed by atoms with Crippen LogP contribution < -0.4 is 0 Å². The molecule has 17 nitrogen and oxygen atoms in total. The number of aliphatic hydroxyl groups excluding tert-OH is 10. The maximum absolute atomic E-state index is 12.0. The molecule has 0 bridgehead atoms. The lowest BCUT2D eigenvalue weighted by atomic mass is 9.66. The van der Waals surface area contributed by atoms with E-state index in [-0.39, 0.29) is 17.1 Å². The Hall–Kier alpha value is -1.23. The van der Waals surface area contributed by atoms with Gasteiger partial charge in [-0.05, 0) is 44.1 Å². The largest absolute Gasteiger partial charge is 0.394 e. The zero-order valence-electron chi connectivity index (χ0n) is 27.5. The summed E-state index contributed by atoms with van der Waals surface area (Å²) in [4.78, 5) is 12.0. The lowest BCUT2D eigenvalue weighted by molar-refractivity contribution is -0.380. The standard InChI is InChI=1S/C31H52O17/c1-12-7-14(35)8-31(3,4)15(12)6-5-13(2)43-28-24(41)21(38)26(17(10-33)45-28)48-30-25(42)22(39)27(18(11-34)46-30)47-29-23(40)20(37)19(36)16(9-32)44-29/h7,13,15-30,32-34,36-42H,5-6,8-11H2,1-4H3/t13-,15-,16+,17-,18+,19+,20-,21+,22+,23+,24-,25+,26-,27+,28-,29-,30-/m1/s1. The molecular formula is C31H52O17. The number of hydrogen-bond donors (Lipinski definition) is 10. The normalized spacial score (nSPS) is 45.9. The van der Waals surface area contributed by atoms with Gasteiger partial charge in [-0.1, -0.05) is 19.4 Å². The molecule has 4 rings (SSSR count). The van der Waals surface area contributed by atoms with Gasteiger partial charge >= 0.3 is 0 Å². The number of aliphatic hydroxyl groups is 10. The third kappa shape index (κ3) is 8.45. The van der Waals surface area contributed by atoms with Crippen molar-refractivity contribution in [3.05, 3.63) is 11.6 Å². The Morgan fingerprint density at radius 1 is 0.729 bits per heavy atom. The van der Waals surface area contributed by atoms with Crippen LogP contribution in [0.15, 0.2) is 11.6 Å². The molecule has 17 heteroatoms. The van der Waals surface area contributed by atoms with Crippen LogP contribution in [0.5, 0.6) is 0 Å². The Balaban J connectivity index is 1.37. The molecule has 10 N–H and O–H groups in total. The summed E-state index contributed by atoms with van der Waals surface area (Å²) >= 11 is 0. The van der Waals surface area contributed by atoms with Crippen LogP contribution >= 0.6 is 0 Å². The number of hydrogen-bond acceptors (Lipinski definition) is 17. The molecule has 3 saturated heterocycles. The first-order valence-corrected chi connectivity index (χ1v) is 16.3. The van der Waals surface area contributed by atoms with Crippen LogP contribution in [0.2, 0.25) is 0 Å². The van der Waals surface area contributed by atoms with E-state index in [0.29, 0.717) is 19.3 Å². The SMILES string of the molecule is CC1=CC(=O)CC(C)(C)[C@@H]1CC[C@@H](C)O[C@@H]1O[C@H](CO)[C@@H](O[C@H]2O[C@@H](CO)[C@H](O[C@H]3O[C@@H](CO)[C@H](O)[C@@H](O)[C@@H]3O)[C@@H](O)[C@@H]2O)[C@@H](O)[C@H]1O. The minimum atomic E-state index is -1.92. The first kappa shape index (κ1) is 39.6. The topological polar surface area (TPSA) is 275 Å². The Morgan fingerprint density at radius 2 is 1.19 bits per heavy atom. The van der Waals surface area contributed by atoms with Gasteiger partial charge in [-0.3, -0.25) is 4.79 Å². The molecule has 1 aliphatic carbocycles. The molecule has 0 aromatic rings. The van der Waals surface area contributed by atoms with Gasteiger partial charge in [0.15, 0.2) is 24.7 Å². The van der Waals surface area contributed by atoms with E-state index in [0.717, 1.165) is 5.57 Å². The number of ketones is 1. The Labute approximate surface area is 278 Å². The van der Waals surface area contributed by atoms with Crippen molar-refractivity contribution in [2.45, 2.75) is 145 Å². The second kappa shape index (κ2) is 16.4. The molecule has 3 aliphatic heterocycles. The lowest BCUT2D eigenvalue weighted by Gasteiger charge is -2.48. The molecule has 278 valence electrons. The monoisotopic (exact) mass is 696 g/mol. The summed E-state index contributed by atoms with van der Waals surface area (Å²) in [5, 5.41) is 104. The van der Waals surface area contributed by atoms with Crippen LogP contribution in [0, 0.1) is 11.3 Å². The van der Waals surface area contributed by atoms with E-state index < -0.39 is 118 Å². The van der Waals surface area contributed by atoms with Gasteiger partial charge in [0, 0.05) is 6.42 Å². The average Bonchev–Trinajstić information content (AvgIpc) is 3.02. The highest BCUT2D eigenvalue weighted by atomic mass is 16.8. The van der Waals surface area contributed by atoms with E-state index in [1.807, 2.05) is 20.8 Å². The second-order valence-corrected chi connectivity index (χ2v) is 13.9. The summed E-state index contributed by atoms with van der Waals surface area (Å²) < 4.78 is 33.8. The number of ether oxygens (including phenoxy) is 6. The second-order valence-electron chi connectivity index (χ2n) is 13.9. The molecule has 3 heterocycles. The van der Waals surface area contributed by atoms with E-state index in [2.05, 4.69) is 0 Å². The molecule has 0 aromatic carbocycles. The summed E-state index contributed by atoms with van der Waals surface area (Å²) in [5.41, 5.74) is 0.750. The first-order valence-electron chi connectivity index (χ1n) is 16.3. The molecule has 0 spiro atoms. The summed E-state index contributed by atoms with van der Waals surface area (Å²) in [6.07, 6.45) is -21.6. The van der Waals surface area contributed by atoms with Crippen molar-refractivity contribution in [1.29, 1.82) is 0 Å². The van der Waals surface area contributed by atoms with Crippen molar-refractivity contribution in [3.63, 3.8) is 0 Å². The maximum atomic E-state index is 12.0. The van der Waals surface area contributed by atoms with Gasteiger partial charge in [-0.25, -0.2) is 0 Å². The fraction of sp³-hybridized carbons (Fsp3) is 0.903. The van der Waals surface area contributed by atoms with Gasteiger partial charge in [0.2, 0.25) is 0 Å². The quantitative estimate of drug-likeness (QED) is 0.0936. The molecule has 0 saturated carbocycles. The zero-order valence-corrected chi connectivity index (χ0v) is 27.5. The molecule has 0 aromatic heterocycles. The van der Waals surface area contributed by atoms with Crippen molar-refractivity contribution in [3.8, 4) is 0 Å². The molecule has 0 radical (unpaired) electrons. The first-order chi connectivity index (χ1) is 22.5. The van der Waals surface area contributed by atoms with E-state index >= 15 is 0 Å². The summed E-state index contributed by atoms with van der Waals surface area (Å²) in [6, 6.07) is 0. The van der Waals surface area contributed by atoms with Crippen LogP contribution in [-0.4, -0.2) is 175 Å². The lowest BCUT2D eigenvalue weighted by Crippen LogP contribution is -2.66. The van der Waals surface area contributed by atoms with E-state index in [1.165, 1.54) is 0 Å². The molecule has 17 atom stereocenters. The highest BCUT2D eigenvalue weighted by molar-refractivity contribution is 5.91. The van der Waals surface area contributed by atoms with E-state index in [1.54, 1.807) is 13.0 Å². The molecule has 4 aliphatic rings. The van der Waals surface area contributed by atoms with Gasteiger partial charge < -0.3 is 79.5 Å². The zero-order chi connectivity index (χ0) is 35.7. The number of carbonyl (C=O) groups is 1. The number of rotatable bonds is 12. The van der Waals surface area contributed by atoms with Gasteiger partial charge in [-0.15, -0.1) is 0 Å². The van der Waals surface area contributed by atoms with Crippen LogP contribution in [0.3, 0.4) is 0 Å². The molecular weight excluding hydrogens is 644 g/mol. The summed E-state index contributed by atoms with van der Waals surface area (Å²) in [5.74, 6) is 0.223. The smallest absolute Gasteiger partial charge is 0.187 e. The van der Waals surface area contributed by atoms with Crippen LogP contribution in [0.4, 0.5) is 0 Å². The average molecular weight is 697 g/mol. The van der Waals surface area contributed by atoms with Crippen LogP contribution in [0.1, 0.15) is 47.0 Å². The van der Waals surface area contributed by atoms with Gasteiger partial charge in [0.05, 0.1) is 25.9 Å². The fourth-order valence-corrected chi connectivity index (χ4v) is 7.07. The van der Waals surface area contributed by atoms with E-state index in [4.69, 9.17) is 28.4 Å². The minimum Gasteiger partial charge on any atom is -0.394 e. The molecule has 3 fully saturated rings. The highest BCUT2D eigenvalue weighted by Crippen LogP contribution is 2.42. The third-order valence-corrected chi connectivity index (χ3v) is 9.81. The van der Waals surface area contributed by atoms with E-state index in [9.17, 15) is 55.9 Å². The van der Waals surface area contributed by atoms with Gasteiger partial charge in [-0.2, -0.15) is 0 Å². The Morgan fingerprint density at radius 3 is 1.69 bits per heavy atom. The Bertz CT molecular complexity index is 1080. The van der Waals surface area contributed by atoms with Gasteiger partial charge in [0.25, 0.3) is 0 Å². The highest BCUT2D eigenvalue weighted by Gasteiger charge is 2.53. The van der Waals surface area contributed by atoms with Crippen LogP contribution in [0.25, 0.3) is 0 Å². The maximum Gasteiger partial charge on any atom is 0.187 e. The van der Waals surface area contributed by atoms with Crippen molar-refractivity contribution in [1.82, 2.24) is 0 Å². The summed E-state index contributed by atoms with van der Waals surface area (Å²) in [7, 11) is 0. The van der Waals surface area contributed by atoms with Crippen molar-refractivity contribution < 1.29 is 84.3 Å². The fourth-order valence-electron chi connectivity index (χ4n) is 7.07. The minimum absolute atomic E-state index is 0.0892. The third-order valence-electron chi connectivity index (χ3n) is 9.81. The van der Waals surface area contributed by atoms with Crippen molar-refractivity contribution in [2.75, 3.05) is 19.8 Å². The number of allylic oxidation sites excluding steroid dienone is 2. The van der Waals surface area contributed by atoms with Crippen molar-refractivity contribution >= 4 is 5.78 Å². The van der Waals surface area contributed by atoms with Gasteiger partial charge in [0.1, 0.15) is 73.2 Å². The summed E-state index contributed by atoms with van der Waals surface area (Å²) in [6.45, 7) is 5.49. The number of carbonyl (C=O) groups excluding carboxylic acids is 1. The predicted octanol–water partition coefficient (Wildman–Crippen LogP) is -3.82.